The minimum absolute atomic E-state index is 0.118. The van der Waals surface area contributed by atoms with Crippen molar-refractivity contribution < 1.29 is 14.3 Å². The molecule has 0 radical (unpaired) electrons. The zero-order valence-corrected chi connectivity index (χ0v) is 15.5. The monoisotopic (exact) mass is 354 g/mol. The molecule has 1 aromatic carbocycles. The van der Waals surface area contributed by atoms with Gasteiger partial charge < -0.3 is 19.7 Å². The highest BCUT2D eigenvalue weighted by Crippen LogP contribution is 2.36. The lowest BCUT2D eigenvalue weighted by atomic mass is 10.0. The van der Waals surface area contributed by atoms with Crippen LogP contribution in [-0.4, -0.2) is 50.2 Å². The first kappa shape index (κ1) is 18.9. The van der Waals surface area contributed by atoms with Crippen LogP contribution in [0.5, 0.6) is 11.5 Å². The fraction of sp³-hybridized carbons (Fsp3) is 0.611. The summed E-state index contributed by atoms with van der Waals surface area (Å²) < 4.78 is 10.8. The van der Waals surface area contributed by atoms with E-state index in [1.807, 2.05) is 6.92 Å². The molecule has 134 valence electrons. The normalized spacial score (nSPS) is 16.0. The number of carbonyl (C=O) groups excluding carboxylic acids is 1. The number of hydrogen-bond donors (Lipinski definition) is 1. The zero-order valence-electron chi connectivity index (χ0n) is 14.7. The van der Waals surface area contributed by atoms with E-state index < -0.39 is 0 Å². The van der Waals surface area contributed by atoms with Gasteiger partial charge >= 0.3 is 0 Å². The number of carbonyl (C=O) groups is 1. The molecule has 0 spiro atoms. The van der Waals surface area contributed by atoms with E-state index in [9.17, 15) is 4.79 Å². The number of benzene rings is 1. The number of ether oxygens (including phenoxy) is 2. The van der Waals surface area contributed by atoms with Crippen molar-refractivity contribution in [3.05, 3.63) is 22.7 Å². The van der Waals surface area contributed by atoms with Crippen LogP contribution >= 0.6 is 11.6 Å². The van der Waals surface area contributed by atoms with E-state index in [0.29, 0.717) is 28.7 Å². The van der Waals surface area contributed by atoms with Crippen molar-refractivity contribution in [1.82, 2.24) is 10.2 Å². The molecule has 0 bridgehead atoms. The molecule has 24 heavy (non-hydrogen) atoms. The molecule has 0 saturated carbocycles. The average Bonchev–Trinajstić information content (AvgIpc) is 2.58. The SMILES string of the molecule is CCCN1CCC(NC(=O)c2cc(Cl)c(OCC)c(OC)c2)CC1. The average molecular weight is 355 g/mol. The maximum atomic E-state index is 12.5. The minimum Gasteiger partial charge on any atom is -0.493 e. The Balaban J connectivity index is 2.01. The summed E-state index contributed by atoms with van der Waals surface area (Å²) in [7, 11) is 1.54. The molecule has 5 nitrogen and oxygen atoms in total. The number of likely N-dealkylation sites (tertiary alicyclic amines) is 1. The fourth-order valence-electron chi connectivity index (χ4n) is 3.02. The van der Waals surface area contributed by atoms with Gasteiger partial charge in [-0.15, -0.1) is 0 Å². The van der Waals surface area contributed by atoms with Crippen molar-refractivity contribution in [2.75, 3.05) is 33.4 Å². The number of nitrogens with zero attached hydrogens (tertiary/aromatic N) is 1. The smallest absolute Gasteiger partial charge is 0.251 e. The second-order valence-electron chi connectivity index (χ2n) is 6.01. The molecular formula is C18H27ClN2O3. The maximum absolute atomic E-state index is 12.5. The molecule has 1 fully saturated rings. The van der Waals surface area contributed by atoms with Crippen LogP contribution in [0.4, 0.5) is 0 Å². The molecule has 2 rings (SSSR count). The third-order valence-corrected chi connectivity index (χ3v) is 4.52. The van der Waals surface area contributed by atoms with Gasteiger partial charge in [-0.3, -0.25) is 4.79 Å². The molecule has 0 atom stereocenters. The Bertz CT molecular complexity index is 557. The van der Waals surface area contributed by atoms with Gasteiger partial charge in [0.05, 0.1) is 18.7 Å². The highest BCUT2D eigenvalue weighted by atomic mass is 35.5. The van der Waals surface area contributed by atoms with Gasteiger partial charge in [-0.25, -0.2) is 0 Å². The Morgan fingerprint density at radius 1 is 1.33 bits per heavy atom. The lowest BCUT2D eigenvalue weighted by Gasteiger charge is -2.32. The topological polar surface area (TPSA) is 50.8 Å². The van der Waals surface area contributed by atoms with E-state index >= 15 is 0 Å². The molecule has 0 unspecified atom stereocenters. The van der Waals surface area contributed by atoms with Crippen LogP contribution in [0, 0.1) is 0 Å². The molecule has 1 saturated heterocycles. The Morgan fingerprint density at radius 2 is 2.04 bits per heavy atom. The van der Waals surface area contributed by atoms with E-state index in [0.717, 1.165) is 32.5 Å². The Morgan fingerprint density at radius 3 is 2.62 bits per heavy atom. The first-order valence-electron chi connectivity index (χ1n) is 8.62. The first-order valence-corrected chi connectivity index (χ1v) is 9.00. The van der Waals surface area contributed by atoms with E-state index in [1.165, 1.54) is 6.42 Å². The van der Waals surface area contributed by atoms with Gasteiger partial charge in [0.2, 0.25) is 0 Å². The number of methoxy groups -OCH3 is 1. The van der Waals surface area contributed by atoms with Crippen molar-refractivity contribution in [3.63, 3.8) is 0 Å². The van der Waals surface area contributed by atoms with Gasteiger partial charge in [0.1, 0.15) is 0 Å². The van der Waals surface area contributed by atoms with Crippen LogP contribution in [0.1, 0.15) is 43.5 Å². The fourth-order valence-corrected chi connectivity index (χ4v) is 3.29. The highest BCUT2D eigenvalue weighted by Gasteiger charge is 2.22. The van der Waals surface area contributed by atoms with E-state index in [1.54, 1.807) is 19.2 Å². The number of rotatable bonds is 7. The molecule has 1 heterocycles. The third kappa shape index (κ3) is 4.77. The number of piperidine rings is 1. The molecule has 1 aliphatic heterocycles. The molecule has 6 heteroatoms. The summed E-state index contributed by atoms with van der Waals surface area (Å²) >= 11 is 6.24. The summed E-state index contributed by atoms with van der Waals surface area (Å²) in [4.78, 5) is 15.0. The molecule has 1 aromatic rings. The molecule has 0 aromatic heterocycles. The van der Waals surface area contributed by atoms with Crippen LogP contribution in [0.3, 0.4) is 0 Å². The Hall–Kier alpha value is -1.46. The summed E-state index contributed by atoms with van der Waals surface area (Å²) in [6.45, 7) is 7.75. The minimum atomic E-state index is -0.118. The van der Waals surface area contributed by atoms with E-state index in [4.69, 9.17) is 21.1 Å². The zero-order chi connectivity index (χ0) is 17.5. The largest absolute Gasteiger partial charge is 0.493 e. The van der Waals surface area contributed by atoms with E-state index in [-0.39, 0.29) is 11.9 Å². The van der Waals surface area contributed by atoms with Crippen molar-refractivity contribution in [3.8, 4) is 11.5 Å². The first-order chi connectivity index (χ1) is 11.6. The lowest BCUT2D eigenvalue weighted by Crippen LogP contribution is -2.44. The third-order valence-electron chi connectivity index (χ3n) is 4.24. The standard InChI is InChI=1S/C18H27ClN2O3/c1-4-8-21-9-6-14(7-10-21)20-18(22)13-11-15(19)17(24-5-2)16(12-13)23-3/h11-12,14H,4-10H2,1-3H3,(H,20,22). The predicted octanol–water partition coefficient (Wildman–Crippen LogP) is 3.35. The molecule has 1 amide bonds. The van der Waals surface area contributed by atoms with Gasteiger partial charge in [-0.1, -0.05) is 18.5 Å². The molecular weight excluding hydrogens is 328 g/mol. The van der Waals surface area contributed by atoms with Crippen molar-refractivity contribution >= 4 is 17.5 Å². The van der Waals surface area contributed by atoms with Crippen LogP contribution in [0.15, 0.2) is 12.1 Å². The summed E-state index contributed by atoms with van der Waals surface area (Å²) in [6, 6.07) is 3.52. The number of nitrogens with one attached hydrogen (secondary N) is 1. The van der Waals surface area contributed by atoms with E-state index in [2.05, 4.69) is 17.1 Å². The molecule has 0 aliphatic carbocycles. The van der Waals surface area contributed by atoms with Crippen LogP contribution in [0.2, 0.25) is 5.02 Å². The van der Waals surface area contributed by atoms with Crippen LogP contribution in [-0.2, 0) is 0 Å². The van der Waals surface area contributed by atoms with Crippen molar-refractivity contribution in [2.45, 2.75) is 39.2 Å². The van der Waals surface area contributed by atoms with Gasteiger partial charge in [0.15, 0.2) is 11.5 Å². The summed E-state index contributed by atoms with van der Waals surface area (Å²) in [5.41, 5.74) is 0.497. The second-order valence-corrected chi connectivity index (χ2v) is 6.42. The van der Waals surface area contributed by atoms with Gasteiger partial charge in [-0.2, -0.15) is 0 Å². The Kier molecular flexibility index (Phi) is 7.18. The summed E-state index contributed by atoms with van der Waals surface area (Å²) in [5, 5.41) is 3.50. The van der Waals surface area contributed by atoms with Crippen molar-refractivity contribution in [2.24, 2.45) is 0 Å². The quantitative estimate of drug-likeness (QED) is 0.815. The molecule has 1 aliphatic rings. The number of amides is 1. The highest BCUT2D eigenvalue weighted by molar-refractivity contribution is 6.32. The van der Waals surface area contributed by atoms with Crippen molar-refractivity contribution in [1.29, 1.82) is 0 Å². The van der Waals surface area contributed by atoms with Crippen LogP contribution < -0.4 is 14.8 Å². The summed E-state index contributed by atoms with van der Waals surface area (Å²) in [5.74, 6) is 0.838. The number of halogens is 1. The van der Waals surface area contributed by atoms with Crippen LogP contribution in [0.25, 0.3) is 0 Å². The summed E-state index contributed by atoms with van der Waals surface area (Å²) in [6.07, 6.45) is 3.13. The van der Waals surface area contributed by atoms with Gasteiger partial charge in [0, 0.05) is 24.7 Å². The Labute approximate surface area is 149 Å². The lowest BCUT2D eigenvalue weighted by molar-refractivity contribution is 0.0910. The second kappa shape index (κ2) is 9.14. The maximum Gasteiger partial charge on any atom is 0.251 e. The van der Waals surface area contributed by atoms with Gasteiger partial charge in [-0.05, 0) is 44.9 Å². The number of hydrogen-bond acceptors (Lipinski definition) is 4. The van der Waals surface area contributed by atoms with Gasteiger partial charge in [0.25, 0.3) is 5.91 Å². The predicted molar refractivity (Wildman–Crippen MR) is 96.4 cm³/mol. The molecule has 1 N–H and O–H groups in total.